The fraction of sp³-hybridized carbons (Fsp3) is 0.600. The van der Waals surface area contributed by atoms with Gasteiger partial charge < -0.3 is 10.2 Å². The normalized spacial score (nSPS) is 20.1. The third kappa shape index (κ3) is 4.15. The molecule has 1 aliphatic rings. The van der Waals surface area contributed by atoms with E-state index < -0.39 is 0 Å². The molecule has 2 nitrogen and oxygen atoms in total. The molecule has 1 heterocycles. The number of aliphatic hydroxyl groups excluding tert-OH is 2. The highest BCUT2D eigenvalue weighted by molar-refractivity contribution is 8.01. The summed E-state index contributed by atoms with van der Waals surface area (Å²) in [7, 11) is 0. The van der Waals surface area contributed by atoms with Crippen LogP contribution in [0.3, 0.4) is 0 Å². The Morgan fingerprint density at radius 1 is 1.21 bits per heavy atom. The van der Waals surface area contributed by atoms with E-state index in [1.807, 2.05) is 41.7 Å². The van der Waals surface area contributed by atoms with Gasteiger partial charge in [-0.25, -0.2) is 0 Å². The van der Waals surface area contributed by atoms with Gasteiger partial charge in [0.25, 0.3) is 0 Å². The molecule has 0 amide bonds. The summed E-state index contributed by atoms with van der Waals surface area (Å²) in [4.78, 5) is 1.23. The molecule has 0 saturated carbocycles. The first-order valence-electron chi connectivity index (χ1n) is 6.87. The molecule has 2 rings (SSSR count). The molecule has 0 spiro atoms. The minimum Gasteiger partial charge on any atom is -0.396 e. The fourth-order valence-corrected chi connectivity index (χ4v) is 5.40. The zero-order chi connectivity index (χ0) is 13.6. The zero-order valence-corrected chi connectivity index (χ0v) is 12.8. The standard InChI is InChI=1S/C15H22O2S2/c16-10-4-7-14(17)15(8-11-18-12-9-15)19-13-5-2-1-3-6-13/h1-3,5-6,14,16-17H,4,7-12H2. The van der Waals surface area contributed by atoms with Gasteiger partial charge in [0, 0.05) is 16.2 Å². The first-order chi connectivity index (χ1) is 9.27. The van der Waals surface area contributed by atoms with E-state index in [1.54, 1.807) is 0 Å². The van der Waals surface area contributed by atoms with Crippen molar-refractivity contribution >= 4 is 23.5 Å². The zero-order valence-electron chi connectivity index (χ0n) is 11.1. The molecule has 0 bridgehead atoms. The summed E-state index contributed by atoms with van der Waals surface area (Å²) in [5.41, 5.74) is 0. The van der Waals surface area contributed by atoms with Gasteiger partial charge in [0.1, 0.15) is 0 Å². The monoisotopic (exact) mass is 298 g/mol. The van der Waals surface area contributed by atoms with Crippen LogP contribution in [0.25, 0.3) is 0 Å². The summed E-state index contributed by atoms with van der Waals surface area (Å²) in [5.74, 6) is 2.24. The molecule has 0 aliphatic carbocycles. The lowest BCUT2D eigenvalue weighted by Gasteiger charge is -2.40. The van der Waals surface area contributed by atoms with Gasteiger partial charge in [-0.2, -0.15) is 11.8 Å². The molecule has 1 aliphatic heterocycles. The fourth-order valence-electron chi connectivity index (χ4n) is 2.49. The second-order valence-electron chi connectivity index (χ2n) is 4.97. The van der Waals surface area contributed by atoms with Crippen molar-refractivity contribution in [2.45, 2.75) is 41.4 Å². The van der Waals surface area contributed by atoms with Gasteiger partial charge in [0.05, 0.1) is 6.10 Å². The highest BCUT2D eigenvalue weighted by Crippen LogP contribution is 2.46. The Hall–Kier alpha value is -0.160. The molecule has 4 heteroatoms. The Morgan fingerprint density at radius 2 is 1.89 bits per heavy atom. The van der Waals surface area contributed by atoms with Crippen LogP contribution in [0.4, 0.5) is 0 Å². The molecule has 0 aromatic heterocycles. The van der Waals surface area contributed by atoms with E-state index >= 15 is 0 Å². The lowest BCUT2D eigenvalue weighted by atomic mass is 9.91. The maximum atomic E-state index is 10.6. The van der Waals surface area contributed by atoms with Crippen molar-refractivity contribution in [3.63, 3.8) is 0 Å². The largest absolute Gasteiger partial charge is 0.396 e. The van der Waals surface area contributed by atoms with Crippen molar-refractivity contribution in [3.8, 4) is 0 Å². The Balaban J connectivity index is 2.09. The molecule has 1 aromatic carbocycles. The average molecular weight is 298 g/mol. The van der Waals surface area contributed by atoms with E-state index in [9.17, 15) is 5.11 Å². The molecule has 2 N–H and O–H groups in total. The molecule has 1 aromatic rings. The van der Waals surface area contributed by atoms with Crippen molar-refractivity contribution in [2.75, 3.05) is 18.1 Å². The minimum atomic E-state index is -0.328. The molecule has 19 heavy (non-hydrogen) atoms. The van der Waals surface area contributed by atoms with Crippen LogP contribution in [-0.4, -0.2) is 39.2 Å². The van der Waals surface area contributed by atoms with Crippen molar-refractivity contribution in [2.24, 2.45) is 0 Å². The van der Waals surface area contributed by atoms with Crippen molar-refractivity contribution in [1.82, 2.24) is 0 Å². The van der Waals surface area contributed by atoms with E-state index in [1.165, 1.54) is 4.90 Å². The van der Waals surface area contributed by atoms with Crippen LogP contribution < -0.4 is 0 Å². The van der Waals surface area contributed by atoms with Gasteiger partial charge in [-0.15, -0.1) is 11.8 Å². The third-order valence-corrected chi connectivity index (χ3v) is 6.23. The summed E-state index contributed by atoms with van der Waals surface area (Å²) in [6, 6.07) is 10.4. The number of aliphatic hydroxyl groups is 2. The number of hydrogen-bond acceptors (Lipinski definition) is 4. The van der Waals surface area contributed by atoms with Crippen molar-refractivity contribution < 1.29 is 10.2 Å². The quantitative estimate of drug-likeness (QED) is 0.846. The minimum absolute atomic E-state index is 0.0677. The SMILES string of the molecule is OCCCC(O)C1(Sc2ccccc2)CCSCC1. The van der Waals surface area contributed by atoms with Crippen LogP contribution in [0, 0.1) is 0 Å². The van der Waals surface area contributed by atoms with Crippen LogP contribution in [0.2, 0.25) is 0 Å². The average Bonchev–Trinajstić information content (AvgIpc) is 2.46. The highest BCUT2D eigenvalue weighted by atomic mass is 32.2. The first-order valence-corrected chi connectivity index (χ1v) is 8.85. The van der Waals surface area contributed by atoms with E-state index in [2.05, 4.69) is 12.1 Å². The second-order valence-corrected chi connectivity index (χ2v) is 7.69. The molecule has 1 atom stereocenters. The Labute approximate surface area is 124 Å². The number of hydrogen-bond donors (Lipinski definition) is 2. The smallest absolute Gasteiger partial charge is 0.0691 e. The maximum absolute atomic E-state index is 10.6. The predicted octanol–water partition coefficient (Wildman–Crippen LogP) is 3.18. The summed E-state index contributed by atoms with van der Waals surface area (Å²) in [5, 5.41) is 19.5. The molecule has 0 radical (unpaired) electrons. The Kier molecular flexibility index (Phi) is 6.07. The predicted molar refractivity (Wildman–Crippen MR) is 83.9 cm³/mol. The van der Waals surface area contributed by atoms with Gasteiger partial charge in [0.2, 0.25) is 0 Å². The molecule has 1 saturated heterocycles. The Bertz CT molecular complexity index is 364. The van der Waals surface area contributed by atoms with Gasteiger partial charge in [-0.3, -0.25) is 0 Å². The topological polar surface area (TPSA) is 40.5 Å². The van der Waals surface area contributed by atoms with Gasteiger partial charge in [-0.05, 0) is 49.3 Å². The molecular formula is C15H22O2S2. The van der Waals surface area contributed by atoms with Crippen LogP contribution in [0.15, 0.2) is 35.2 Å². The maximum Gasteiger partial charge on any atom is 0.0691 e. The van der Waals surface area contributed by atoms with Crippen LogP contribution in [0.5, 0.6) is 0 Å². The van der Waals surface area contributed by atoms with E-state index in [0.29, 0.717) is 12.8 Å². The van der Waals surface area contributed by atoms with E-state index in [0.717, 1.165) is 24.3 Å². The lowest BCUT2D eigenvalue weighted by molar-refractivity contribution is 0.104. The second kappa shape index (κ2) is 7.58. The van der Waals surface area contributed by atoms with Crippen LogP contribution in [0.1, 0.15) is 25.7 Å². The van der Waals surface area contributed by atoms with Gasteiger partial charge in [-0.1, -0.05) is 18.2 Å². The number of benzene rings is 1. The van der Waals surface area contributed by atoms with Crippen LogP contribution >= 0.6 is 23.5 Å². The summed E-state index contributed by atoms with van der Waals surface area (Å²) in [6.07, 6.45) is 3.14. The molecular weight excluding hydrogens is 276 g/mol. The van der Waals surface area contributed by atoms with Gasteiger partial charge in [0.15, 0.2) is 0 Å². The van der Waals surface area contributed by atoms with E-state index in [4.69, 9.17) is 5.11 Å². The highest BCUT2D eigenvalue weighted by Gasteiger charge is 2.39. The molecule has 106 valence electrons. The first kappa shape index (κ1) is 15.2. The van der Waals surface area contributed by atoms with Crippen LogP contribution in [-0.2, 0) is 0 Å². The molecule has 1 fully saturated rings. The summed E-state index contributed by atoms with van der Waals surface area (Å²) >= 11 is 3.80. The summed E-state index contributed by atoms with van der Waals surface area (Å²) < 4.78 is -0.0677. The summed E-state index contributed by atoms with van der Waals surface area (Å²) in [6.45, 7) is 0.165. The van der Waals surface area contributed by atoms with E-state index in [-0.39, 0.29) is 17.5 Å². The number of thioether (sulfide) groups is 2. The van der Waals surface area contributed by atoms with Crippen molar-refractivity contribution in [1.29, 1.82) is 0 Å². The number of rotatable bonds is 6. The third-order valence-electron chi connectivity index (χ3n) is 3.65. The Morgan fingerprint density at radius 3 is 2.53 bits per heavy atom. The van der Waals surface area contributed by atoms with Crippen molar-refractivity contribution in [3.05, 3.63) is 30.3 Å². The molecule has 1 unspecified atom stereocenters. The lowest BCUT2D eigenvalue weighted by Crippen LogP contribution is -2.42. The van der Waals surface area contributed by atoms with Gasteiger partial charge >= 0.3 is 0 Å².